The standard InChI is InChI=1S/C14H20O5S/c1-4-5-12(13(15)16)14(2,17)10-6-8-11(9-7-10)20(3,18)19/h6-9,12,17H,4-5H2,1-3H3,(H,15,16). The minimum absolute atomic E-state index is 0.138. The van der Waals surface area contributed by atoms with E-state index in [4.69, 9.17) is 0 Å². The first kappa shape index (κ1) is 16.7. The van der Waals surface area contributed by atoms with E-state index in [1.54, 1.807) is 0 Å². The van der Waals surface area contributed by atoms with Crippen LogP contribution in [0.4, 0.5) is 0 Å². The van der Waals surface area contributed by atoms with Gasteiger partial charge in [0.2, 0.25) is 0 Å². The molecule has 0 saturated carbocycles. The fraction of sp³-hybridized carbons (Fsp3) is 0.500. The molecule has 2 atom stereocenters. The van der Waals surface area contributed by atoms with Gasteiger partial charge in [0.05, 0.1) is 10.8 Å². The second-order valence-corrected chi connectivity index (χ2v) is 7.14. The molecule has 5 nitrogen and oxygen atoms in total. The smallest absolute Gasteiger partial charge is 0.309 e. The first-order chi connectivity index (χ1) is 9.10. The van der Waals surface area contributed by atoms with Crippen LogP contribution in [0.5, 0.6) is 0 Å². The first-order valence-corrected chi connectivity index (χ1v) is 8.25. The quantitative estimate of drug-likeness (QED) is 0.836. The average molecular weight is 300 g/mol. The number of carboxylic acids is 1. The van der Waals surface area contributed by atoms with Crippen LogP contribution in [-0.2, 0) is 20.2 Å². The van der Waals surface area contributed by atoms with E-state index in [9.17, 15) is 23.4 Å². The summed E-state index contributed by atoms with van der Waals surface area (Å²) in [6, 6.07) is 5.68. The molecule has 20 heavy (non-hydrogen) atoms. The summed E-state index contributed by atoms with van der Waals surface area (Å²) < 4.78 is 22.8. The fourth-order valence-electron chi connectivity index (χ4n) is 2.17. The number of carboxylic acid groups (broad SMARTS) is 1. The van der Waals surface area contributed by atoms with Gasteiger partial charge < -0.3 is 10.2 Å². The molecule has 6 heteroatoms. The number of sulfone groups is 1. The van der Waals surface area contributed by atoms with Crippen molar-refractivity contribution in [1.29, 1.82) is 0 Å². The Morgan fingerprint density at radius 2 is 1.80 bits per heavy atom. The van der Waals surface area contributed by atoms with Crippen molar-refractivity contribution >= 4 is 15.8 Å². The molecule has 0 heterocycles. The van der Waals surface area contributed by atoms with E-state index < -0.39 is 27.3 Å². The van der Waals surface area contributed by atoms with Crippen molar-refractivity contribution < 1.29 is 23.4 Å². The first-order valence-electron chi connectivity index (χ1n) is 6.36. The molecule has 112 valence electrons. The number of aliphatic carboxylic acids is 1. The van der Waals surface area contributed by atoms with Crippen molar-refractivity contribution in [2.75, 3.05) is 6.26 Å². The predicted molar refractivity (Wildman–Crippen MR) is 75.2 cm³/mol. The number of aliphatic hydroxyl groups is 1. The third-order valence-corrected chi connectivity index (χ3v) is 4.55. The molecule has 1 aromatic carbocycles. The molecule has 2 unspecified atom stereocenters. The van der Waals surface area contributed by atoms with Crippen LogP contribution < -0.4 is 0 Å². The van der Waals surface area contributed by atoms with Crippen molar-refractivity contribution in [2.24, 2.45) is 5.92 Å². The summed E-state index contributed by atoms with van der Waals surface area (Å²) in [6.45, 7) is 3.29. The Morgan fingerprint density at radius 1 is 1.30 bits per heavy atom. The van der Waals surface area contributed by atoms with Crippen molar-refractivity contribution in [3.8, 4) is 0 Å². The van der Waals surface area contributed by atoms with Gasteiger partial charge in [-0.05, 0) is 31.0 Å². The van der Waals surface area contributed by atoms with Crippen LogP contribution in [0.15, 0.2) is 29.2 Å². The largest absolute Gasteiger partial charge is 0.481 e. The summed E-state index contributed by atoms with van der Waals surface area (Å²) in [5.74, 6) is -2.00. The Kier molecular flexibility index (Phi) is 4.94. The monoisotopic (exact) mass is 300 g/mol. The summed E-state index contributed by atoms with van der Waals surface area (Å²) >= 11 is 0. The second-order valence-electron chi connectivity index (χ2n) is 5.12. The molecule has 1 aromatic rings. The lowest BCUT2D eigenvalue weighted by Crippen LogP contribution is -2.37. The van der Waals surface area contributed by atoms with Crippen molar-refractivity contribution in [3.05, 3.63) is 29.8 Å². The Hall–Kier alpha value is -1.40. The third-order valence-electron chi connectivity index (χ3n) is 3.42. The minimum Gasteiger partial charge on any atom is -0.481 e. The van der Waals surface area contributed by atoms with Gasteiger partial charge in [-0.3, -0.25) is 4.79 Å². The summed E-state index contributed by atoms with van der Waals surface area (Å²) in [7, 11) is -3.31. The number of rotatable bonds is 6. The summed E-state index contributed by atoms with van der Waals surface area (Å²) in [4.78, 5) is 11.4. The zero-order valence-electron chi connectivity index (χ0n) is 11.8. The second kappa shape index (κ2) is 5.93. The maximum absolute atomic E-state index is 11.4. The maximum Gasteiger partial charge on any atom is 0.309 e. The zero-order chi connectivity index (χ0) is 15.6. The van der Waals surface area contributed by atoms with Crippen LogP contribution in [-0.4, -0.2) is 30.9 Å². The molecule has 0 amide bonds. The van der Waals surface area contributed by atoms with Crippen LogP contribution >= 0.6 is 0 Å². The van der Waals surface area contributed by atoms with Crippen LogP contribution in [0.2, 0.25) is 0 Å². The van der Waals surface area contributed by atoms with Gasteiger partial charge >= 0.3 is 5.97 Å². The normalized spacial score (nSPS) is 16.4. The van der Waals surface area contributed by atoms with Crippen molar-refractivity contribution in [2.45, 2.75) is 37.2 Å². The Labute approximate surface area is 119 Å². The molecule has 0 saturated heterocycles. The Bertz CT molecular complexity index is 572. The van der Waals surface area contributed by atoms with Crippen LogP contribution in [0.25, 0.3) is 0 Å². The summed E-state index contributed by atoms with van der Waals surface area (Å²) in [5, 5.41) is 19.7. The number of hydrogen-bond acceptors (Lipinski definition) is 4. The minimum atomic E-state index is -3.31. The van der Waals surface area contributed by atoms with E-state index in [1.807, 2.05) is 6.92 Å². The molecule has 0 aliphatic rings. The predicted octanol–water partition coefficient (Wildman–Crippen LogP) is 1.80. The highest BCUT2D eigenvalue weighted by atomic mass is 32.2. The average Bonchev–Trinajstić information content (AvgIpc) is 2.34. The molecule has 0 bridgehead atoms. The van der Waals surface area contributed by atoms with E-state index in [1.165, 1.54) is 31.2 Å². The highest BCUT2D eigenvalue weighted by molar-refractivity contribution is 7.90. The van der Waals surface area contributed by atoms with Gasteiger partial charge in [0, 0.05) is 6.26 Å². The highest BCUT2D eigenvalue weighted by Crippen LogP contribution is 2.33. The van der Waals surface area contributed by atoms with Crippen LogP contribution in [0.1, 0.15) is 32.3 Å². The zero-order valence-corrected chi connectivity index (χ0v) is 12.6. The Balaban J connectivity index is 3.17. The van der Waals surface area contributed by atoms with Crippen molar-refractivity contribution in [1.82, 2.24) is 0 Å². The molecule has 1 rings (SSSR count). The molecular weight excluding hydrogens is 280 g/mol. The number of hydrogen-bond donors (Lipinski definition) is 2. The molecule has 0 radical (unpaired) electrons. The van der Waals surface area contributed by atoms with Gasteiger partial charge in [0.25, 0.3) is 0 Å². The van der Waals surface area contributed by atoms with Gasteiger partial charge in [-0.25, -0.2) is 8.42 Å². The molecule has 0 aliphatic heterocycles. The van der Waals surface area contributed by atoms with E-state index in [0.717, 1.165) is 6.26 Å². The lowest BCUT2D eigenvalue weighted by molar-refractivity contribution is -0.152. The lowest BCUT2D eigenvalue weighted by atomic mass is 9.80. The highest BCUT2D eigenvalue weighted by Gasteiger charge is 2.38. The van der Waals surface area contributed by atoms with E-state index in [0.29, 0.717) is 18.4 Å². The molecule has 2 N–H and O–H groups in total. The lowest BCUT2D eigenvalue weighted by Gasteiger charge is -2.30. The summed E-state index contributed by atoms with van der Waals surface area (Å²) in [6.07, 6.45) is 2.07. The molecule has 0 fully saturated rings. The van der Waals surface area contributed by atoms with Gasteiger partial charge in [-0.2, -0.15) is 0 Å². The van der Waals surface area contributed by atoms with Gasteiger partial charge in [-0.15, -0.1) is 0 Å². The third kappa shape index (κ3) is 3.58. The fourth-order valence-corrected chi connectivity index (χ4v) is 2.80. The van der Waals surface area contributed by atoms with Crippen LogP contribution in [0, 0.1) is 5.92 Å². The van der Waals surface area contributed by atoms with Gasteiger partial charge in [-0.1, -0.05) is 25.5 Å². The van der Waals surface area contributed by atoms with Crippen LogP contribution in [0.3, 0.4) is 0 Å². The van der Waals surface area contributed by atoms with E-state index in [2.05, 4.69) is 0 Å². The maximum atomic E-state index is 11.4. The van der Waals surface area contributed by atoms with Gasteiger partial charge in [0.1, 0.15) is 5.60 Å². The van der Waals surface area contributed by atoms with E-state index >= 15 is 0 Å². The van der Waals surface area contributed by atoms with Crippen molar-refractivity contribution in [3.63, 3.8) is 0 Å². The number of benzene rings is 1. The molecule has 0 aromatic heterocycles. The van der Waals surface area contributed by atoms with E-state index in [-0.39, 0.29) is 4.90 Å². The SMILES string of the molecule is CCCC(C(=O)O)C(C)(O)c1ccc(S(C)(=O)=O)cc1. The number of carbonyl (C=O) groups is 1. The topological polar surface area (TPSA) is 91.7 Å². The van der Waals surface area contributed by atoms with Gasteiger partial charge in [0.15, 0.2) is 9.84 Å². The molecular formula is C14H20O5S. The summed E-state index contributed by atoms with van der Waals surface area (Å²) in [5.41, 5.74) is -1.15. The molecule has 0 aliphatic carbocycles. The Morgan fingerprint density at radius 3 is 2.15 bits per heavy atom. The molecule has 0 spiro atoms.